The van der Waals surface area contributed by atoms with Crippen LogP contribution < -0.4 is 10.9 Å². The first-order valence-corrected chi connectivity index (χ1v) is 4.01. The highest BCUT2D eigenvalue weighted by Gasteiger charge is 2.07. The van der Waals surface area contributed by atoms with Crippen LogP contribution in [0.25, 0.3) is 0 Å². The minimum absolute atomic E-state index is 0.0712. The number of halogens is 2. The lowest BCUT2D eigenvalue weighted by molar-refractivity contribution is 0.627. The van der Waals surface area contributed by atoms with Crippen molar-refractivity contribution in [1.29, 1.82) is 0 Å². The maximum Gasteiger partial charge on any atom is 0.143 e. The van der Waals surface area contributed by atoms with Crippen LogP contribution in [0.3, 0.4) is 0 Å². The molecule has 2 N–H and O–H groups in total. The molecular formula is C8H10ClFN2. The second-order valence-corrected chi connectivity index (χ2v) is 2.74. The molecule has 1 aromatic rings. The lowest BCUT2D eigenvalue weighted by atomic mass is 10.3. The van der Waals surface area contributed by atoms with Gasteiger partial charge in [0.15, 0.2) is 0 Å². The summed E-state index contributed by atoms with van der Waals surface area (Å²) >= 11 is 5.67. The molecule has 66 valence electrons. The summed E-state index contributed by atoms with van der Waals surface area (Å²) in [5, 5.41) is 1.47. The van der Waals surface area contributed by atoms with Crippen molar-refractivity contribution in [2.75, 3.05) is 11.6 Å². The molecule has 0 spiro atoms. The van der Waals surface area contributed by atoms with Crippen LogP contribution in [0.4, 0.5) is 10.1 Å². The third kappa shape index (κ3) is 1.68. The molecule has 1 rings (SSSR count). The maximum absolute atomic E-state index is 12.9. The highest BCUT2D eigenvalue weighted by Crippen LogP contribution is 2.26. The molecule has 0 atom stereocenters. The smallest absolute Gasteiger partial charge is 0.143 e. The molecule has 0 saturated heterocycles. The van der Waals surface area contributed by atoms with E-state index in [4.69, 9.17) is 17.4 Å². The minimum Gasteiger partial charge on any atom is -0.310 e. The van der Waals surface area contributed by atoms with E-state index < -0.39 is 5.82 Å². The monoisotopic (exact) mass is 188 g/mol. The van der Waals surface area contributed by atoms with Gasteiger partial charge in [0, 0.05) is 6.54 Å². The molecule has 0 aromatic heterocycles. The Labute approximate surface area is 75.7 Å². The average molecular weight is 189 g/mol. The number of nitrogens with zero attached hydrogens (tertiary/aromatic N) is 1. The zero-order chi connectivity index (χ0) is 9.14. The van der Waals surface area contributed by atoms with Gasteiger partial charge in [0.25, 0.3) is 0 Å². The quantitative estimate of drug-likeness (QED) is 0.570. The molecule has 0 heterocycles. The van der Waals surface area contributed by atoms with Gasteiger partial charge in [-0.05, 0) is 19.1 Å². The van der Waals surface area contributed by atoms with Crippen molar-refractivity contribution < 1.29 is 4.39 Å². The molecule has 0 amide bonds. The summed E-state index contributed by atoms with van der Waals surface area (Å²) in [5.41, 5.74) is 0.513. The molecule has 2 nitrogen and oxygen atoms in total. The molecule has 0 aliphatic heterocycles. The number of benzene rings is 1. The van der Waals surface area contributed by atoms with Crippen molar-refractivity contribution in [3.63, 3.8) is 0 Å². The van der Waals surface area contributed by atoms with E-state index in [2.05, 4.69) is 0 Å². The summed E-state index contributed by atoms with van der Waals surface area (Å²) in [6.45, 7) is 2.45. The summed E-state index contributed by atoms with van der Waals surface area (Å²) in [4.78, 5) is 0. The summed E-state index contributed by atoms with van der Waals surface area (Å²) in [5.74, 6) is 5.10. The van der Waals surface area contributed by atoms with E-state index in [1.54, 1.807) is 12.1 Å². The van der Waals surface area contributed by atoms with Crippen molar-refractivity contribution in [2.45, 2.75) is 6.92 Å². The molecule has 0 unspecified atom stereocenters. The summed E-state index contributed by atoms with van der Waals surface area (Å²) in [6.07, 6.45) is 0. The maximum atomic E-state index is 12.9. The van der Waals surface area contributed by atoms with Gasteiger partial charge < -0.3 is 5.01 Å². The SMILES string of the molecule is CCN(N)c1cccc(F)c1Cl. The number of anilines is 1. The predicted molar refractivity (Wildman–Crippen MR) is 48.6 cm³/mol. The first-order chi connectivity index (χ1) is 5.66. The fourth-order valence-electron chi connectivity index (χ4n) is 0.885. The van der Waals surface area contributed by atoms with Gasteiger partial charge in [-0.25, -0.2) is 10.2 Å². The Kier molecular flexibility index (Phi) is 2.89. The molecule has 0 saturated carbocycles. The molecule has 0 fully saturated rings. The van der Waals surface area contributed by atoms with Crippen LogP contribution >= 0.6 is 11.6 Å². The van der Waals surface area contributed by atoms with E-state index in [9.17, 15) is 4.39 Å². The van der Waals surface area contributed by atoms with Crippen LogP contribution in [0.1, 0.15) is 6.92 Å². The van der Waals surface area contributed by atoms with Gasteiger partial charge in [-0.2, -0.15) is 0 Å². The third-order valence-corrected chi connectivity index (χ3v) is 1.96. The van der Waals surface area contributed by atoms with Crippen LogP contribution in [0.5, 0.6) is 0 Å². The molecule has 0 aliphatic rings. The Hall–Kier alpha value is -0.800. The van der Waals surface area contributed by atoms with Crippen molar-refractivity contribution in [3.8, 4) is 0 Å². The molecule has 0 bridgehead atoms. The average Bonchev–Trinajstić information content (AvgIpc) is 2.08. The Morgan fingerprint density at radius 1 is 1.58 bits per heavy atom. The van der Waals surface area contributed by atoms with Crippen LogP contribution in [-0.2, 0) is 0 Å². The van der Waals surface area contributed by atoms with Crippen molar-refractivity contribution >= 4 is 17.3 Å². The zero-order valence-electron chi connectivity index (χ0n) is 6.72. The Bertz CT molecular complexity index is 278. The van der Waals surface area contributed by atoms with Gasteiger partial charge in [0.2, 0.25) is 0 Å². The Balaban J connectivity index is 3.07. The molecule has 0 aliphatic carbocycles. The standard InChI is InChI=1S/C8H10ClFN2/c1-2-12(11)7-5-3-4-6(10)8(7)9/h3-5H,2,11H2,1H3. The second kappa shape index (κ2) is 3.74. The van der Waals surface area contributed by atoms with Gasteiger partial charge in [-0.3, -0.25) is 0 Å². The lowest BCUT2D eigenvalue weighted by Crippen LogP contribution is -2.30. The molecular weight excluding hydrogens is 179 g/mol. The van der Waals surface area contributed by atoms with E-state index in [-0.39, 0.29) is 5.02 Å². The topological polar surface area (TPSA) is 29.3 Å². The van der Waals surface area contributed by atoms with Gasteiger partial charge >= 0.3 is 0 Å². The number of hydrogen-bond acceptors (Lipinski definition) is 2. The fourth-order valence-corrected chi connectivity index (χ4v) is 1.12. The summed E-state index contributed by atoms with van der Waals surface area (Å²) in [6, 6.07) is 4.55. The molecule has 12 heavy (non-hydrogen) atoms. The molecule has 4 heteroatoms. The van der Waals surface area contributed by atoms with E-state index in [1.807, 2.05) is 6.92 Å². The van der Waals surface area contributed by atoms with Crippen LogP contribution in [0.2, 0.25) is 5.02 Å². The van der Waals surface area contributed by atoms with E-state index >= 15 is 0 Å². The fraction of sp³-hybridized carbons (Fsp3) is 0.250. The van der Waals surface area contributed by atoms with Crippen LogP contribution in [0.15, 0.2) is 18.2 Å². The van der Waals surface area contributed by atoms with Gasteiger partial charge in [-0.15, -0.1) is 0 Å². The van der Waals surface area contributed by atoms with Gasteiger partial charge in [-0.1, -0.05) is 17.7 Å². The third-order valence-electron chi connectivity index (χ3n) is 1.58. The van der Waals surface area contributed by atoms with Gasteiger partial charge in [0.1, 0.15) is 10.8 Å². The zero-order valence-corrected chi connectivity index (χ0v) is 7.48. The van der Waals surface area contributed by atoms with Crippen molar-refractivity contribution in [1.82, 2.24) is 0 Å². The Morgan fingerprint density at radius 3 is 2.83 bits per heavy atom. The largest absolute Gasteiger partial charge is 0.310 e. The van der Waals surface area contributed by atoms with Crippen molar-refractivity contribution in [3.05, 3.63) is 29.0 Å². The van der Waals surface area contributed by atoms with Crippen LogP contribution in [-0.4, -0.2) is 6.54 Å². The lowest BCUT2D eigenvalue weighted by Gasteiger charge is -2.17. The minimum atomic E-state index is -0.446. The van der Waals surface area contributed by atoms with E-state index in [0.29, 0.717) is 12.2 Å². The first kappa shape index (κ1) is 9.29. The Morgan fingerprint density at radius 2 is 2.25 bits per heavy atom. The van der Waals surface area contributed by atoms with Gasteiger partial charge in [0.05, 0.1) is 5.69 Å². The van der Waals surface area contributed by atoms with Crippen LogP contribution in [0, 0.1) is 5.82 Å². The normalized spacial score (nSPS) is 10.0. The number of rotatable bonds is 2. The van der Waals surface area contributed by atoms with E-state index in [0.717, 1.165) is 0 Å². The predicted octanol–water partition coefficient (Wildman–Crippen LogP) is 2.18. The number of hydrazine groups is 1. The number of hydrogen-bond donors (Lipinski definition) is 1. The first-order valence-electron chi connectivity index (χ1n) is 3.63. The van der Waals surface area contributed by atoms with E-state index in [1.165, 1.54) is 11.1 Å². The molecule has 0 radical (unpaired) electrons. The molecule has 1 aromatic carbocycles. The van der Waals surface area contributed by atoms with Crippen molar-refractivity contribution in [2.24, 2.45) is 5.84 Å². The second-order valence-electron chi connectivity index (χ2n) is 2.36. The summed E-state index contributed by atoms with van der Waals surface area (Å²) in [7, 11) is 0. The highest BCUT2D eigenvalue weighted by atomic mass is 35.5. The highest BCUT2D eigenvalue weighted by molar-refractivity contribution is 6.33. The number of nitrogens with two attached hydrogens (primary N) is 1. The summed E-state index contributed by atoms with van der Waals surface area (Å²) < 4.78 is 12.9.